The summed E-state index contributed by atoms with van der Waals surface area (Å²) >= 11 is 1.58. The zero-order valence-electron chi connectivity index (χ0n) is 14.4. The van der Waals surface area contributed by atoms with E-state index in [1.807, 2.05) is 41.8 Å². The molecule has 0 saturated heterocycles. The van der Waals surface area contributed by atoms with Crippen molar-refractivity contribution in [3.8, 4) is 17.0 Å². The first kappa shape index (κ1) is 16.6. The maximum absolute atomic E-state index is 11.5. The number of hydrogen-bond acceptors (Lipinski definition) is 5. The average Bonchev–Trinajstić information content (AvgIpc) is 3.15. The second kappa shape index (κ2) is 7.17. The van der Waals surface area contributed by atoms with Crippen molar-refractivity contribution in [3.63, 3.8) is 0 Å². The number of amides is 1. The fraction of sp³-hybridized carbons (Fsp3) is 0.200. The summed E-state index contributed by atoms with van der Waals surface area (Å²) in [5, 5.41) is 9.20. The summed E-state index contributed by atoms with van der Waals surface area (Å²) in [5.74, 6) is 0.954. The van der Waals surface area contributed by atoms with Crippen LogP contribution >= 0.6 is 11.3 Å². The molecule has 26 heavy (non-hydrogen) atoms. The monoisotopic (exact) mass is 365 g/mol. The molecule has 0 atom stereocenters. The van der Waals surface area contributed by atoms with Crippen molar-refractivity contribution in [2.75, 3.05) is 17.7 Å². The molecule has 4 rings (SSSR count). The Morgan fingerprint density at radius 3 is 3.00 bits per heavy atom. The number of thiazole rings is 1. The Labute approximate surface area is 156 Å². The summed E-state index contributed by atoms with van der Waals surface area (Å²) in [6.45, 7) is 0.660. The van der Waals surface area contributed by atoms with E-state index in [2.05, 4.69) is 16.7 Å². The minimum atomic E-state index is 0.0849. The van der Waals surface area contributed by atoms with Gasteiger partial charge in [0.2, 0.25) is 5.91 Å². The average molecular weight is 365 g/mol. The van der Waals surface area contributed by atoms with Gasteiger partial charge in [-0.15, -0.1) is 11.3 Å². The first-order valence-electron chi connectivity index (χ1n) is 8.47. The highest BCUT2D eigenvalue weighted by Crippen LogP contribution is 2.31. The zero-order valence-corrected chi connectivity index (χ0v) is 15.2. The third-order valence-electron chi connectivity index (χ3n) is 4.42. The molecule has 132 valence electrons. The molecule has 1 aromatic heterocycles. The van der Waals surface area contributed by atoms with Gasteiger partial charge in [0, 0.05) is 35.2 Å². The normalized spacial score (nSPS) is 13.0. The van der Waals surface area contributed by atoms with Gasteiger partial charge in [-0.3, -0.25) is 4.79 Å². The van der Waals surface area contributed by atoms with Crippen molar-refractivity contribution in [1.82, 2.24) is 4.98 Å². The second-order valence-corrected chi connectivity index (χ2v) is 6.98. The van der Waals surface area contributed by atoms with Crippen molar-refractivity contribution in [2.45, 2.75) is 19.4 Å². The lowest BCUT2D eigenvalue weighted by Crippen LogP contribution is -2.18. The molecular formula is C20H19N3O2S. The van der Waals surface area contributed by atoms with Crippen LogP contribution in [0.4, 0.5) is 10.8 Å². The van der Waals surface area contributed by atoms with Crippen LogP contribution in [-0.2, 0) is 17.8 Å². The van der Waals surface area contributed by atoms with Gasteiger partial charge < -0.3 is 15.4 Å². The Morgan fingerprint density at radius 1 is 1.23 bits per heavy atom. The van der Waals surface area contributed by atoms with Gasteiger partial charge in [-0.25, -0.2) is 4.98 Å². The molecule has 0 unspecified atom stereocenters. The molecule has 1 amide bonds. The number of hydrogen-bond donors (Lipinski definition) is 2. The second-order valence-electron chi connectivity index (χ2n) is 6.12. The number of rotatable bonds is 5. The van der Waals surface area contributed by atoms with Crippen molar-refractivity contribution >= 4 is 28.1 Å². The number of nitrogens with zero attached hydrogens (tertiary/aromatic N) is 1. The number of methoxy groups -OCH3 is 1. The number of benzene rings is 2. The van der Waals surface area contributed by atoms with E-state index >= 15 is 0 Å². The SMILES string of the molecule is COc1ccccc1CNc1nc(-c2ccc3c(c2)CCC(=O)N3)cs1. The number of carbonyl (C=O) groups excluding carboxylic acids is 1. The summed E-state index contributed by atoms with van der Waals surface area (Å²) < 4.78 is 5.38. The highest BCUT2D eigenvalue weighted by atomic mass is 32.1. The highest BCUT2D eigenvalue weighted by Gasteiger charge is 2.16. The number of nitrogens with one attached hydrogen (secondary N) is 2. The molecule has 2 heterocycles. The van der Waals surface area contributed by atoms with Crippen LogP contribution in [0.5, 0.6) is 5.75 Å². The number of aryl methyl sites for hydroxylation is 1. The van der Waals surface area contributed by atoms with Crippen LogP contribution in [-0.4, -0.2) is 18.0 Å². The summed E-state index contributed by atoms with van der Waals surface area (Å²) in [5.41, 5.74) is 5.18. The molecule has 6 heteroatoms. The van der Waals surface area contributed by atoms with Gasteiger partial charge in [-0.05, 0) is 30.2 Å². The number of anilines is 2. The Bertz CT molecular complexity index is 952. The molecule has 2 aromatic carbocycles. The van der Waals surface area contributed by atoms with Gasteiger partial charge >= 0.3 is 0 Å². The molecule has 0 spiro atoms. The molecule has 3 aromatic rings. The van der Waals surface area contributed by atoms with Gasteiger partial charge in [-0.1, -0.05) is 24.3 Å². The molecule has 1 aliphatic rings. The first-order chi connectivity index (χ1) is 12.7. The number of carbonyl (C=O) groups is 1. The lowest BCUT2D eigenvalue weighted by Gasteiger charge is -2.17. The van der Waals surface area contributed by atoms with Crippen LogP contribution in [0.3, 0.4) is 0 Å². The minimum Gasteiger partial charge on any atom is -0.496 e. The van der Waals surface area contributed by atoms with Crippen LogP contribution in [0.1, 0.15) is 17.5 Å². The lowest BCUT2D eigenvalue weighted by atomic mass is 9.99. The smallest absolute Gasteiger partial charge is 0.224 e. The van der Waals surface area contributed by atoms with E-state index in [0.29, 0.717) is 13.0 Å². The largest absolute Gasteiger partial charge is 0.496 e. The summed E-state index contributed by atoms with van der Waals surface area (Å²) in [6, 6.07) is 14.0. The van der Waals surface area contributed by atoms with Crippen molar-refractivity contribution in [2.24, 2.45) is 0 Å². The van der Waals surface area contributed by atoms with Crippen LogP contribution in [0, 0.1) is 0 Å². The maximum Gasteiger partial charge on any atom is 0.224 e. The van der Waals surface area contributed by atoms with Crippen LogP contribution in [0.25, 0.3) is 11.3 Å². The molecule has 2 N–H and O–H groups in total. The van der Waals surface area contributed by atoms with Crippen LogP contribution in [0.15, 0.2) is 47.8 Å². The predicted octanol–water partition coefficient (Wildman–Crippen LogP) is 4.32. The van der Waals surface area contributed by atoms with Gasteiger partial charge in [0.05, 0.1) is 12.8 Å². The van der Waals surface area contributed by atoms with E-state index in [9.17, 15) is 4.79 Å². The Hall–Kier alpha value is -2.86. The number of aromatic nitrogens is 1. The van der Waals surface area contributed by atoms with Gasteiger partial charge in [0.25, 0.3) is 0 Å². The third-order valence-corrected chi connectivity index (χ3v) is 5.22. The minimum absolute atomic E-state index is 0.0849. The van der Waals surface area contributed by atoms with Gasteiger partial charge in [0.15, 0.2) is 5.13 Å². The van der Waals surface area contributed by atoms with E-state index in [0.717, 1.165) is 39.8 Å². The standard InChI is InChI=1S/C20H19N3O2S/c1-25-18-5-3-2-4-15(18)11-21-20-23-17(12-26-20)14-6-8-16-13(10-14)7-9-19(24)22-16/h2-6,8,10,12H,7,9,11H2,1H3,(H,21,23)(H,22,24). The lowest BCUT2D eigenvalue weighted by molar-refractivity contribution is -0.116. The number of ether oxygens (including phenoxy) is 1. The van der Waals surface area contributed by atoms with Crippen molar-refractivity contribution in [1.29, 1.82) is 0 Å². The fourth-order valence-electron chi connectivity index (χ4n) is 3.05. The third kappa shape index (κ3) is 3.41. The van der Waals surface area contributed by atoms with Crippen LogP contribution < -0.4 is 15.4 Å². The van der Waals surface area contributed by atoms with E-state index < -0.39 is 0 Å². The number of fused-ring (bicyclic) bond motifs is 1. The van der Waals surface area contributed by atoms with E-state index in [1.54, 1.807) is 18.4 Å². The first-order valence-corrected chi connectivity index (χ1v) is 9.35. The quantitative estimate of drug-likeness (QED) is 0.707. The molecule has 0 fully saturated rings. The number of para-hydroxylation sites is 1. The topological polar surface area (TPSA) is 63.2 Å². The van der Waals surface area contributed by atoms with Crippen LogP contribution in [0.2, 0.25) is 0 Å². The molecular weight excluding hydrogens is 346 g/mol. The summed E-state index contributed by atoms with van der Waals surface area (Å²) in [7, 11) is 1.68. The summed E-state index contributed by atoms with van der Waals surface area (Å²) in [6.07, 6.45) is 1.32. The van der Waals surface area contributed by atoms with Crippen molar-refractivity contribution in [3.05, 3.63) is 59.0 Å². The summed E-state index contributed by atoms with van der Waals surface area (Å²) in [4.78, 5) is 16.2. The van der Waals surface area contributed by atoms with E-state index in [1.165, 1.54) is 5.56 Å². The Balaban J connectivity index is 1.49. The molecule has 0 aliphatic carbocycles. The molecule has 5 nitrogen and oxygen atoms in total. The predicted molar refractivity (Wildman–Crippen MR) is 105 cm³/mol. The van der Waals surface area contributed by atoms with E-state index in [4.69, 9.17) is 9.72 Å². The highest BCUT2D eigenvalue weighted by molar-refractivity contribution is 7.14. The fourth-order valence-corrected chi connectivity index (χ4v) is 3.77. The molecule has 1 aliphatic heterocycles. The Kier molecular flexibility index (Phi) is 4.58. The maximum atomic E-state index is 11.5. The molecule has 0 saturated carbocycles. The van der Waals surface area contributed by atoms with Crippen molar-refractivity contribution < 1.29 is 9.53 Å². The van der Waals surface area contributed by atoms with E-state index in [-0.39, 0.29) is 5.91 Å². The molecule has 0 radical (unpaired) electrons. The Morgan fingerprint density at radius 2 is 2.12 bits per heavy atom. The van der Waals surface area contributed by atoms with Gasteiger partial charge in [-0.2, -0.15) is 0 Å². The molecule has 0 bridgehead atoms. The zero-order chi connectivity index (χ0) is 17.9. The van der Waals surface area contributed by atoms with Gasteiger partial charge in [0.1, 0.15) is 5.75 Å².